The number of imidazole rings is 1. The number of aromatic nitrogens is 2. The molecule has 0 radical (unpaired) electrons. The van der Waals surface area contributed by atoms with Crippen molar-refractivity contribution in [3.63, 3.8) is 0 Å². The normalized spacial score (nSPS) is 17.2. The molecule has 0 aromatic carbocycles. The zero-order valence-corrected chi connectivity index (χ0v) is 13.8. The van der Waals surface area contributed by atoms with E-state index in [1.54, 1.807) is 0 Å². The standard InChI is InChI=1S/C16H28N4O/c1-14-17-5-6-19(14)10-7-18-8-11-20(12-9-18)15(21)13-16(2,3)4/h5-6H,7-13H2,1-4H3. The lowest BCUT2D eigenvalue weighted by atomic mass is 9.91. The van der Waals surface area contributed by atoms with Gasteiger partial charge in [0.15, 0.2) is 0 Å². The molecule has 1 aliphatic rings. The molecule has 21 heavy (non-hydrogen) atoms. The van der Waals surface area contributed by atoms with Crippen LogP contribution in [0.1, 0.15) is 33.0 Å². The molecule has 5 heteroatoms. The molecule has 1 saturated heterocycles. The summed E-state index contributed by atoms with van der Waals surface area (Å²) >= 11 is 0. The van der Waals surface area contributed by atoms with E-state index >= 15 is 0 Å². The Labute approximate surface area is 127 Å². The highest BCUT2D eigenvalue weighted by Crippen LogP contribution is 2.20. The molecule has 0 atom stereocenters. The summed E-state index contributed by atoms with van der Waals surface area (Å²) in [5.74, 6) is 1.36. The summed E-state index contributed by atoms with van der Waals surface area (Å²) in [6.45, 7) is 14.1. The zero-order valence-electron chi connectivity index (χ0n) is 13.8. The summed E-state index contributed by atoms with van der Waals surface area (Å²) < 4.78 is 2.18. The minimum Gasteiger partial charge on any atom is -0.340 e. The van der Waals surface area contributed by atoms with Crippen molar-refractivity contribution in [2.75, 3.05) is 32.7 Å². The average molecular weight is 292 g/mol. The van der Waals surface area contributed by atoms with Gasteiger partial charge in [-0.05, 0) is 12.3 Å². The maximum absolute atomic E-state index is 12.2. The number of rotatable bonds is 4. The summed E-state index contributed by atoms with van der Waals surface area (Å²) in [5.41, 5.74) is 0.0766. The topological polar surface area (TPSA) is 41.4 Å². The van der Waals surface area contributed by atoms with Crippen LogP contribution in [0.25, 0.3) is 0 Å². The molecule has 0 N–H and O–H groups in total. The number of piperazine rings is 1. The van der Waals surface area contributed by atoms with E-state index in [-0.39, 0.29) is 5.41 Å². The Hall–Kier alpha value is -1.36. The third kappa shape index (κ3) is 4.84. The Morgan fingerprint density at radius 1 is 1.19 bits per heavy atom. The maximum atomic E-state index is 12.2. The van der Waals surface area contributed by atoms with Gasteiger partial charge in [0.2, 0.25) is 5.91 Å². The van der Waals surface area contributed by atoms with Crippen LogP contribution < -0.4 is 0 Å². The quantitative estimate of drug-likeness (QED) is 0.849. The van der Waals surface area contributed by atoms with E-state index in [0.717, 1.165) is 45.1 Å². The van der Waals surface area contributed by atoms with Crippen molar-refractivity contribution in [1.82, 2.24) is 19.4 Å². The first-order valence-corrected chi connectivity index (χ1v) is 7.83. The van der Waals surface area contributed by atoms with Crippen molar-refractivity contribution in [3.05, 3.63) is 18.2 Å². The third-order valence-electron chi connectivity index (χ3n) is 3.99. The Kier molecular flexibility index (Phi) is 5.04. The zero-order chi connectivity index (χ0) is 15.5. The van der Waals surface area contributed by atoms with Gasteiger partial charge in [-0.3, -0.25) is 9.69 Å². The molecule has 5 nitrogen and oxygen atoms in total. The number of hydrogen-bond donors (Lipinski definition) is 0. The first-order chi connectivity index (χ1) is 9.85. The molecule has 0 saturated carbocycles. The van der Waals surface area contributed by atoms with E-state index in [1.165, 1.54) is 0 Å². The average Bonchev–Trinajstić information content (AvgIpc) is 2.80. The van der Waals surface area contributed by atoms with Crippen molar-refractivity contribution in [1.29, 1.82) is 0 Å². The van der Waals surface area contributed by atoms with Crippen LogP contribution in [0.3, 0.4) is 0 Å². The highest BCUT2D eigenvalue weighted by molar-refractivity contribution is 5.76. The van der Waals surface area contributed by atoms with Crippen LogP contribution in [-0.2, 0) is 11.3 Å². The van der Waals surface area contributed by atoms with E-state index in [4.69, 9.17) is 0 Å². The number of hydrogen-bond acceptors (Lipinski definition) is 3. The molecule has 1 amide bonds. The summed E-state index contributed by atoms with van der Waals surface area (Å²) in [5, 5.41) is 0. The Bertz CT molecular complexity index is 467. The fourth-order valence-electron chi connectivity index (χ4n) is 2.68. The molecular weight excluding hydrogens is 264 g/mol. The fraction of sp³-hybridized carbons (Fsp3) is 0.750. The maximum Gasteiger partial charge on any atom is 0.223 e. The second kappa shape index (κ2) is 6.60. The van der Waals surface area contributed by atoms with E-state index in [9.17, 15) is 4.79 Å². The molecule has 1 aromatic rings. The van der Waals surface area contributed by atoms with Gasteiger partial charge in [-0.15, -0.1) is 0 Å². The van der Waals surface area contributed by atoms with Gasteiger partial charge in [-0.25, -0.2) is 4.98 Å². The summed E-state index contributed by atoms with van der Waals surface area (Å²) in [4.78, 5) is 20.9. The van der Waals surface area contributed by atoms with Crippen molar-refractivity contribution >= 4 is 5.91 Å². The Balaban J connectivity index is 1.73. The molecule has 0 bridgehead atoms. The van der Waals surface area contributed by atoms with Crippen molar-refractivity contribution in [2.45, 2.75) is 40.7 Å². The minimum absolute atomic E-state index is 0.0766. The molecule has 1 aliphatic heterocycles. The Morgan fingerprint density at radius 2 is 1.86 bits per heavy atom. The minimum atomic E-state index is 0.0766. The van der Waals surface area contributed by atoms with Gasteiger partial charge in [-0.1, -0.05) is 20.8 Å². The van der Waals surface area contributed by atoms with Gasteiger partial charge < -0.3 is 9.47 Å². The second-order valence-electron chi connectivity index (χ2n) is 7.13. The number of aryl methyl sites for hydroxylation is 1. The van der Waals surface area contributed by atoms with Gasteiger partial charge in [0.25, 0.3) is 0 Å². The van der Waals surface area contributed by atoms with Crippen LogP contribution in [0.2, 0.25) is 0 Å². The summed E-state index contributed by atoms with van der Waals surface area (Å²) in [6, 6.07) is 0. The van der Waals surface area contributed by atoms with Gasteiger partial charge in [0.05, 0.1) is 0 Å². The van der Waals surface area contributed by atoms with E-state index < -0.39 is 0 Å². The number of carbonyl (C=O) groups excluding carboxylic acids is 1. The van der Waals surface area contributed by atoms with E-state index in [2.05, 4.69) is 35.2 Å². The molecule has 0 aliphatic carbocycles. The number of amides is 1. The predicted molar refractivity (Wildman–Crippen MR) is 84.1 cm³/mol. The first kappa shape index (κ1) is 16.0. The smallest absolute Gasteiger partial charge is 0.223 e. The van der Waals surface area contributed by atoms with Crippen molar-refractivity contribution in [3.8, 4) is 0 Å². The van der Waals surface area contributed by atoms with Gasteiger partial charge in [0.1, 0.15) is 5.82 Å². The molecule has 1 fully saturated rings. The molecule has 0 unspecified atom stereocenters. The highest BCUT2D eigenvalue weighted by atomic mass is 16.2. The molecule has 2 heterocycles. The summed E-state index contributed by atoms with van der Waals surface area (Å²) in [7, 11) is 0. The van der Waals surface area contributed by atoms with Crippen LogP contribution >= 0.6 is 0 Å². The molecule has 118 valence electrons. The lowest BCUT2D eigenvalue weighted by Crippen LogP contribution is -2.49. The van der Waals surface area contributed by atoms with Crippen LogP contribution in [0, 0.1) is 12.3 Å². The largest absolute Gasteiger partial charge is 0.340 e. The van der Waals surface area contributed by atoms with Gasteiger partial charge in [-0.2, -0.15) is 0 Å². The monoisotopic (exact) mass is 292 g/mol. The van der Waals surface area contributed by atoms with Crippen LogP contribution in [0.5, 0.6) is 0 Å². The SMILES string of the molecule is Cc1nccn1CCN1CCN(C(=O)CC(C)(C)C)CC1. The van der Waals surface area contributed by atoms with Crippen LogP contribution in [-0.4, -0.2) is 58.0 Å². The lowest BCUT2D eigenvalue weighted by Gasteiger charge is -2.36. The first-order valence-electron chi connectivity index (χ1n) is 7.83. The fourth-order valence-corrected chi connectivity index (χ4v) is 2.68. The molecule has 0 spiro atoms. The number of nitrogens with zero attached hydrogens (tertiary/aromatic N) is 4. The number of carbonyl (C=O) groups is 1. The molecule has 2 rings (SSSR count). The van der Waals surface area contributed by atoms with Crippen molar-refractivity contribution < 1.29 is 4.79 Å². The van der Waals surface area contributed by atoms with E-state index in [1.807, 2.05) is 24.2 Å². The molecule has 1 aromatic heterocycles. The Morgan fingerprint density at radius 3 is 2.38 bits per heavy atom. The lowest BCUT2D eigenvalue weighted by molar-refractivity contribution is -0.134. The van der Waals surface area contributed by atoms with E-state index in [0.29, 0.717) is 12.3 Å². The van der Waals surface area contributed by atoms with Crippen LogP contribution in [0.4, 0.5) is 0 Å². The third-order valence-corrected chi connectivity index (χ3v) is 3.99. The predicted octanol–water partition coefficient (Wildman–Crippen LogP) is 1.77. The highest BCUT2D eigenvalue weighted by Gasteiger charge is 2.24. The van der Waals surface area contributed by atoms with Crippen LogP contribution in [0.15, 0.2) is 12.4 Å². The summed E-state index contributed by atoms with van der Waals surface area (Å²) in [6.07, 6.45) is 4.51. The second-order valence-corrected chi connectivity index (χ2v) is 7.13. The van der Waals surface area contributed by atoms with Crippen molar-refractivity contribution in [2.24, 2.45) is 5.41 Å². The van der Waals surface area contributed by atoms with Gasteiger partial charge in [0, 0.05) is 58.1 Å². The molecular formula is C16H28N4O. The van der Waals surface area contributed by atoms with Gasteiger partial charge >= 0.3 is 0 Å².